The highest BCUT2D eigenvalue weighted by atomic mass is 16.4. The molecule has 0 atom stereocenters. The van der Waals surface area contributed by atoms with Crippen LogP contribution in [0, 0.1) is 11.3 Å². The number of carboxylic acid groups (broad SMARTS) is 1. The number of carbonyl (C=O) groups is 2. The normalized spacial score (nSPS) is 15.7. The van der Waals surface area contributed by atoms with Gasteiger partial charge in [-0.2, -0.15) is 5.26 Å². The molecule has 98 valence electrons. The van der Waals surface area contributed by atoms with E-state index in [1.165, 1.54) is 6.07 Å². The number of benzene rings is 1. The van der Waals surface area contributed by atoms with E-state index in [0.717, 1.165) is 6.42 Å². The number of urea groups is 1. The van der Waals surface area contributed by atoms with E-state index in [-0.39, 0.29) is 0 Å². The van der Waals surface area contributed by atoms with Crippen molar-refractivity contribution in [2.75, 3.05) is 5.32 Å². The lowest BCUT2D eigenvalue weighted by Crippen LogP contribution is -2.60. The molecule has 1 aliphatic carbocycles. The second kappa shape index (κ2) is 4.98. The van der Waals surface area contributed by atoms with E-state index in [9.17, 15) is 9.59 Å². The van der Waals surface area contributed by atoms with Crippen molar-refractivity contribution < 1.29 is 14.7 Å². The first-order chi connectivity index (χ1) is 9.05. The standard InChI is InChI=1S/C13H13N3O3/c14-8-9-3-1-4-10(7-9)15-12(19)16-13(11(17)18)5-2-6-13/h1,3-4,7H,2,5-6H2,(H,17,18)(H2,15,16,19). The van der Waals surface area contributed by atoms with Crippen LogP contribution in [0.15, 0.2) is 24.3 Å². The van der Waals surface area contributed by atoms with Gasteiger partial charge in [-0.25, -0.2) is 9.59 Å². The monoisotopic (exact) mass is 259 g/mol. The molecule has 2 rings (SSSR count). The molecule has 0 spiro atoms. The highest BCUT2D eigenvalue weighted by Gasteiger charge is 2.45. The van der Waals surface area contributed by atoms with Crippen molar-refractivity contribution in [2.24, 2.45) is 0 Å². The van der Waals surface area contributed by atoms with Crippen LogP contribution in [-0.2, 0) is 4.79 Å². The zero-order valence-corrected chi connectivity index (χ0v) is 10.1. The third-order valence-electron chi connectivity index (χ3n) is 3.22. The number of aliphatic carboxylic acids is 1. The Morgan fingerprint density at radius 3 is 2.63 bits per heavy atom. The largest absolute Gasteiger partial charge is 0.480 e. The van der Waals surface area contributed by atoms with Gasteiger partial charge in [0.1, 0.15) is 5.54 Å². The molecule has 0 bridgehead atoms. The smallest absolute Gasteiger partial charge is 0.329 e. The zero-order valence-electron chi connectivity index (χ0n) is 10.1. The van der Waals surface area contributed by atoms with Gasteiger partial charge in [-0.05, 0) is 37.5 Å². The molecule has 0 aromatic heterocycles. The minimum Gasteiger partial charge on any atom is -0.480 e. The average molecular weight is 259 g/mol. The molecule has 1 fully saturated rings. The van der Waals surface area contributed by atoms with E-state index in [4.69, 9.17) is 10.4 Å². The minimum atomic E-state index is -1.14. The average Bonchev–Trinajstić information content (AvgIpc) is 2.33. The Balaban J connectivity index is 2.01. The summed E-state index contributed by atoms with van der Waals surface area (Å²) in [4.78, 5) is 22.9. The van der Waals surface area contributed by atoms with Gasteiger partial charge in [0.05, 0.1) is 11.6 Å². The Morgan fingerprint density at radius 1 is 1.37 bits per heavy atom. The molecule has 0 aliphatic heterocycles. The highest BCUT2D eigenvalue weighted by Crippen LogP contribution is 2.32. The van der Waals surface area contributed by atoms with Crippen molar-refractivity contribution in [1.29, 1.82) is 5.26 Å². The van der Waals surface area contributed by atoms with Crippen LogP contribution in [-0.4, -0.2) is 22.6 Å². The first kappa shape index (κ1) is 12.9. The number of carboxylic acids is 1. The van der Waals surface area contributed by atoms with E-state index < -0.39 is 17.5 Å². The summed E-state index contributed by atoms with van der Waals surface area (Å²) in [5.41, 5.74) is -0.262. The topological polar surface area (TPSA) is 102 Å². The lowest BCUT2D eigenvalue weighted by molar-refractivity contribution is -0.148. The van der Waals surface area contributed by atoms with Crippen molar-refractivity contribution in [1.82, 2.24) is 5.32 Å². The predicted octanol–water partition coefficient (Wildman–Crippen LogP) is 1.69. The molecule has 1 aromatic carbocycles. The maximum absolute atomic E-state index is 11.8. The molecule has 6 heteroatoms. The number of nitriles is 1. The summed E-state index contributed by atoms with van der Waals surface area (Å²) in [6.07, 6.45) is 1.67. The molecule has 19 heavy (non-hydrogen) atoms. The van der Waals surface area contributed by atoms with Crippen LogP contribution in [0.2, 0.25) is 0 Å². The number of nitrogens with one attached hydrogen (secondary N) is 2. The number of hydrogen-bond donors (Lipinski definition) is 3. The Labute approximate surface area is 110 Å². The Bertz CT molecular complexity index is 558. The molecule has 0 radical (unpaired) electrons. The van der Waals surface area contributed by atoms with Gasteiger partial charge in [0.25, 0.3) is 0 Å². The summed E-state index contributed by atoms with van der Waals surface area (Å²) in [5.74, 6) is -1.01. The Hall–Kier alpha value is -2.55. The zero-order chi connectivity index (χ0) is 13.9. The molecule has 3 N–H and O–H groups in total. The summed E-state index contributed by atoms with van der Waals surface area (Å²) < 4.78 is 0. The highest BCUT2D eigenvalue weighted by molar-refractivity contribution is 5.94. The van der Waals surface area contributed by atoms with Crippen molar-refractivity contribution in [3.63, 3.8) is 0 Å². The van der Waals surface area contributed by atoms with Gasteiger partial charge in [-0.15, -0.1) is 0 Å². The first-order valence-corrected chi connectivity index (χ1v) is 5.88. The predicted molar refractivity (Wildman–Crippen MR) is 67.5 cm³/mol. The van der Waals surface area contributed by atoms with Crippen LogP contribution >= 0.6 is 0 Å². The molecule has 1 saturated carbocycles. The molecule has 0 saturated heterocycles. The first-order valence-electron chi connectivity index (χ1n) is 5.88. The maximum atomic E-state index is 11.8. The molecular formula is C13H13N3O3. The van der Waals surface area contributed by atoms with Crippen LogP contribution in [0.4, 0.5) is 10.5 Å². The Kier molecular flexibility index (Phi) is 3.38. The summed E-state index contributed by atoms with van der Waals surface area (Å²) in [7, 11) is 0. The van der Waals surface area contributed by atoms with E-state index >= 15 is 0 Å². The van der Waals surface area contributed by atoms with E-state index in [1.807, 2.05) is 6.07 Å². The van der Waals surface area contributed by atoms with E-state index in [1.54, 1.807) is 18.2 Å². The minimum absolute atomic E-state index is 0.425. The summed E-state index contributed by atoms with van der Waals surface area (Å²) in [5, 5.41) is 22.9. The van der Waals surface area contributed by atoms with Crippen molar-refractivity contribution in [3.8, 4) is 6.07 Å². The molecule has 1 aromatic rings. The van der Waals surface area contributed by atoms with Crippen molar-refractivity contribution in [2.45, 2.75) is 24.8 Å². The molecule has 2 amide bonds. The van der Waals surface area contributed by atoms with E-state index in [2.05, 4.69) is 10.6 Å². The van der Waals surface area contributed by atoms with Gasteiger partial charge in [-0.3, -0.25) is 0 Å². The number of anilines is 1. The fraction of sp³-hybridized carbons (Fsp3) is 0.308. The van der Waals surface area contributed by atoms with Crippen LogP contribution < -0.4 is 10.6 Å². The Morgan fingerprint density at radius 2 is 2.11 bits per heavy atom. The second-order valence-electron chi connectivity index (χ2n) is 4.51. The number of amides is 2. The lowest BCUT2D eigenvalue weighted by Gasteiger charge is -2.38. The van der Waals surface area contributed by atoms with Gasteiger partial charge >= 0.3 is 12.0 Å². The molecule has 0 heterocycles. The number of rotatable bonds is 3. The summed E-state index contributed by atoms with van der Waals surface area (Å²) in [6, 6.07) is 7.81. The van der Waals surface area contributed by atoms with Crippen molar-refractivity contribution >= 4 is 17.7 Å². The van der Waals surface area contributed by atoms with Gasteiger partial charge < -0.3 is 15.7 Å². The number of carbonyl (C=O) groups excluding carboxylic acids is 1. The van der Waals surface area contributed by atoms with Crippen molar-refractivity contribution in [3.05, 3.63) is 29.8 Å². The van der Waals surface area contributed by atoms with E-state index in [0.29, 0.717) is 24.1 Å². The van der Waals surface area contributed by atoms with Gasteiger partial charge in [0.15, 0.2) is 0 Å². The summed E-state index contributed by atoms with van der Waals surface area (Å²) in [6.45, 7) is 0. The maximum Gasteiger partial charge on any atom is 0.329 e. The van der Waals surface area contributed by atoms with Crippen LogP contribution in [0.25, 0.3) is 0 Å². The second-order valence-corrected chi connectivity index (χ2v) is 4.51. The summed E-state index contributed by atoms with van der Waals surface area (Å²) >= 11 is 0. The molecule has 0 unspecified atom stereocenters. The fourth-order valence-corrected chi connectivity index (χ4v) is 1.97. The number of nitrogens with zero attached hydrogens (tertiary/aromatic N) is 1. The van der Waals surface area contributed by atoms with Crippen LogP contribution in [0.5, 0.6) is 0 Å². The third kappa shape index (κ3) is 2.65. The van der Waals surface area contributed by atoms with Crippen LogP contribution in [0.1, 0.15) is 24.8 Å². The SMILES string of the molecule is N#Cc1cccc(NC(=O)NC2(C(=O)O)CCC2)c1. The third-order valence-corrected chi connectivity index (χ3v) is 3.22. The number of hydrogen-bond acceptors (Lipinski definition) is 3. The molecule has 6 nitrogen and oxygen atoms in total. The van der Waals surface area contributed by atoms with Gasteiger partial charge in [0, 0.05) is 5.69 Å². The van der Waals surface area contributed by atoms with Crippen LogP contribution in [0.3, 0.4) is 0 Å². The van der Waals surface area contributed by atoms with Gasteiger partial charge in [-0.1, -0.05) is 6.07 Å². The molecular weight excluding hydrogens is 246 g/mol. The molecule has 1 aliphatic rings. The lowest BCUT2D eigenvalue weighted by atomic mass is 9.77. The fourth-order valence-electron chi connectivity index (χ4n) is 1.97. The van der Waals surface area contributed by atoms with Gasteiger partial charge in [0.2, 0.25) is 0 Å². The quantitative estimate of drug-likeness (QED) is 0.768.